The second kappa shape index (κ2) is 9.13. The van der Waals surface area contributed by atoms with Crippen molar-refractivity contribution >= 4 is 17.5 Å². The number of nitrogens with zero attached hydrogens (tertiary/aromatic N) is 1. The van der Waals surface area contributed by atoms with Crippen LogP contribution in [0.1, 0.15) is 31.7 Å². The number of rotatable bonds is 8. The third-order valence-electron chi connectivity index (χ3n) is 3.08. The van der Waals surface area contributed by atoms with Crippen LogP contribution in [0.25, 0.3) is 0 Å². The molecule has 5 heteroatoms. The summed E-state index contributed by atoms with van der Waals surface area (Å²) in [6.07, 6.45) is 1.33. The van der Waals surface area contributed by atoms with Gasteiger partial charge >= 0.3 is 0 Å². The first kappa shape index (κ1) is 17.2. The van der Waals surface area contributed by atoms with Crippen LogP contribution < -0.4 is 10.6 Å². The molecule has 0 spiro atoms. The van der Waals surface area contributed by atoms with Crippen LogP contribution in [0, 0.1) is 0 Å². The van der Waals surface area contributed by atoms with Crippen LogP contribution >= 0.6 is 0 Å². The third kappa shape index (κ3) is 6.90. The molecule has 0 aliphatic carbocycles. The van der Waals surface area contributed by atoms with Crippen molar-refractivity contribution in [2.24, 2.45) is 0 Å². The summed E-state index contributed by atoms with van der Waals surface area (Å²) in [6.45, 7) is 3.76. The van der Waals surface area contributed by atoms with Gasteiger partial charge in [0.05, 0.1) is 0 Å². The van der Waals surface area contributed by atoms with Crippen LogP contribution in [0.15, 0.2) is 24.3 Å². The molecule has 0 aliphatic rings. The molecule has 0 saturated heterocycles. The summed E-state index contributed by atoms with van der Waals surface area (Å²) in [6, 6.07) is 7.79. The number of carbonyl (C=O) groups excluding carboxylic acids is 2. The fourth-order valence-electron chi connectivity index (χ4n) is 1.88. The van der Waals surface area contributed by atoms with Crippen LogP contribution in [0.5, 0.6) is 0 Å². The minimum absolute atomic E-state index is 0.0513. The molecular weight excluding hydrogens is 266 g/mol. The third-order valence-corrected chi connectivity index (χ3v) is 3.08. The van der Waals surface area contributed by atoms with Crippen LogP contribution in [-0.4, -0.2) is 37.4 Å². The minimum Gasteiger partial charge on any atom is -0.349 e. The summed E-state index contributed by atoms with van der Waals surface area (Å²) >= 11 is 0. The van der Waals surface area contributed by atoms with Crippen molar-refractivity contribution in [3.05, 3.63) is 29.8 Å². The fraction of sp³-hybridized carbons (Fsp3) is 0.500. The zero-order valence-electron chi connectivity index (χ0n) is 13.1. The molecule has 0 heterocycles. The molecule has 0 fully saturated rings. The van der Waals surface area contributed by atoms with Crippen LogP contribution in [-0.2, 0) is 16.1 Å². The molecule has 1 rings (SSSR count). The average Bonchev–Trinajstić information content (AvgIpc) is 2.45. The highest BCUT2D eigenvalue weighted by Gasteiger charge is 2.07. The highest BCUT2D eigenvalue weighted by Crippen LogP contribution is 2.11. The molecule has 0 bridgehead atoms. The Balaban J connectivity index is 2.38. The normalized spacial score (nSPS) is 10.2. The maximum Gasteiger partial charge on any atom is 0.224 e. The fourth-order valence-corrected chi connectivity index (χ4v) is 1.88. The van der Waals surface area contributed by atoms with Gasteiger partial charge in [-0.05, 0) is 30.7 Å². The van der Waals surface area contributed by atoms with E-state index in [0.717, 1.165) is 24.3 Å². The van der Waals surface area contributed by atoms with Gasteiger partial charge in [0.15, 0.2) is 0 Å². The monoisotopic (exact) mass is 291 g/mol. The Bertz CT molecular complexity index is 472. The van der Waals surface area contributed by atoms with E-state index in [1.165, 1.54) is 0 Å². The first-order chi connectivity index (χ1) is 10.0. The molecule has 0 unspecified atom stereocenters. The quantitative estimate of drug-likeness (QED) is 0.770. The van der Waals surface area contributed by atoms with Gasteiger partial charge in [0.1, 0.15) is 0 Å². The van der Waals surface area contributed by atoms with Gasteiger partial charge in [-0.2, -0.15) is 0 Å². The number of benzene rings is 1. The molecule has 0 radical (unpaired) electrons. The summed E-state index contributed by atoms with van der Waals surface area (Å²) in [5.74, 6) is -0.00223. The predicted molar refractivity (Wildman–Crippen MR) is 85.0 cm³/mol. The summed E-state index contributed by atoms with van der Waals surface area (Å²) < 4.78 is 0. The first-order valence-electron chi connectivity index (χ1n) is 7.32. The topological polar surface area (TPSA) is 61.4 Å². The van der Waals surface area contributed by atoms with E-state index in [0.29, 0.717) is 19.3 Å². The molecule has 0 saturated carbocycles. The predicted octanol–water partition coefficient (Wildman–Crippen LogP) is 1.99. The van der Waals surface area contributed by atoms with Crippen molar-refractivity contribution in [2.75, 3.05) is 26.0 Å². The number of carbonyl (C=O) groups is 2. The molecule has 2 amide bonds. The lowest BCUT2D eigenvalue weighted by atomic mass is 10.2. The van der Waals surface area contributed by atoms with E-state index in [2.05, 4.69) is 17.6 Å². The largest absolute Gasteiger partial charge is 0.349 e. The molecule has 1 aromatic rings. The van der Waals surface area contributed by atoms with Crippen LogP contribution in [0.3, 0.4) is 0 Å². The van der Waals surface area contributed by atoms with Crippen molar-refractivity contribution < 1.29 is 9.59 Å². The number of hydrogen-bond donors (Lipinski definition) is 2. The first-order valence-corrected chi connectivity index (χ1v) is 7.32. The lowest BCUT2D eigenvalue weighted by molar-refractivity contribution is -0.128. The highest BCUT2D eigenvalue weighted by atomic mass is 16.2. The van der Waals surface area contributed by atoms with Gasteiger partial charge in [0.25, 0.3) is 0 Å². The van der Waals surface area contributed by atoms with Crippen LogP contribution in [0.4, 0.5) is 5.69 Å². The smallest absolute Gasteiger partial charge is 0.224 e. The summed E-state index contributed by atoms with van der Waals surface area (Å²) in [5, 5.41) is 6.12. The lowest BCUT2D eigenvalue weighted by Crippen LogP contribution is -2.21. The van der Waals surface area contributed by atoms with E-state index in [1.54, 1.807) is 19.0 Å². The van der Waals surface area contributed by atoms with Gasteiger partial charge in [-0.25, -0.2) is 0 Å². The van der Waals surface area contributed by atoms with E-state index in [-0.39, 0.29) is 11.8 Å². The van der Waals surface area contributed by atoms with Gasteiger partial charge in [-0.15, -0.1) is 0 Å². The van der Waals surface area contributed by atoms with Crippen LogP contribution in [0.2, 0.25) is 0 Å². The van der Waals surface area contributed by atoms with E-state index < -0.39 is 0 Å². The van der Waals surface area contributed by atoms with Crippen molar-refractivity contribution in [2.45, 2.75) is 32.7 Å². The molecule has 0 aromatic heterocycles. The van der Waals surface area contributed by atoms with E-state index in [4.69, 9.17) is 0 Å². The van der Waals surface area contributed by atoms with Gasteiger partial charge in [0, 0.05) is 39.2 Å². The number of hydrogen-bond acceptors (Lipinski definition) is 3. The van der Waals surface area contributed by atoms with Crippen molar-refractivity contribution in [3.63, 3.8) is 0 Å². The van der Waals surface area contributed by atoms with Crippen molar-refractivity contribution in [3.8, 4) is 0 Å². The number of anilines is 1. The maximum atomic E-state index is 11.8. The van der Waals surface area contributed by atoms with Crippen molar-refractivity contribution in [1.29, 1.82) is 0 Å². The minimum atomic E-state index is -0.0536. The Kier molecular flexibility index (Phi) is 7.46. The SMILES string of the molecule is CCNCc1cccc(NC(=O)CCCC(=O)N(C)C)c1. The molecular formula is C16H25N3O2. The summed E-state index contributed by atoms with van der Waals surface area (Å²) in [7, 11) is 3.44. The van der Waals surface area contributed by atoms with Gasteiger partial charge in [-0.1, -0.05) is 19.1 Å². The second-order valence-electron chi connectivity index (χ2n) is 5.17. The van der Waals surface area contributed by atoms with E-state index >= 15 is 0 Å². The number of amides is 2. The molecule has 0 atom stereocenters. The van der Waals surface area contributed by atoms with Crippen molar-refractivity contribution in [1.82, 2.24) is 10.2 Å². The summed E-state index contributed by atoms with van der Waals surface area (Å²) in [4.78, 5) is 24.8. The van der Waals surface area contributed by atoms with Gasteiger partial charge < -0.3 is 15.5 Å². The Hall–Kier alpha value is -1.88. The number of nitrogens with one attached hydrogen (secondary N) is 2. The standard InChI is InChI=1S/C16H25N3O2/c1-4-17-12-13-7-5-8-14(11-13)18-15(20)9-6-10-16(21)19(2)3/h5,7-8,11,17H,4,6,9-10,12H2,1-3H3,(H,18,20). The molecule has 1 aromatic carbocycles. The summed E-state index contributed by atoms with van der Waals surface area (Å²) in [5.41, 5.74) is 1.94. The molecule has 2 N–H and O–H groups in total. The molecule has 5 nitrogen and oxygen atoms in total. The van der Waals surface area contributed by atoms with Gasteiger partial charge in [-0.3, -0.25) is 9.59 Å². The lowest BCUT2D eigenvalue weighted by Gasteiger charge is -2.10. The van der Waals surface area contributed by atoms with E-state index in [9.17, 15) is 9.59 Å². The Morgan fingerprint density at radius 1 is 1.19 bits per heavy atom. The van der Waals surface area contributed by atoms with E-state index in [1.807, 2.05) is 24.3 Å². The average molecular weight is 291 g/mol. The molecule has 0 aliphatic heterocycles. The zero-order valence-corrected chi connectivity index (χ0v) is 13.1. The highest BCUT2D eigenvalue weighted by molar-refractivity contribution is 5.91. The molecule has 116 valence electrons. The van der Waals surface area contributed by atoms with Gasteiger partial charge in [0.2, 0.25) is 11.8 Å². The zero-order chi connectivity index (χ0) is 15.7. The Labute approximate surface area is 126 Å². The molecule has 21 heavy (non-hydrogen) atoms. The maximum absolute atomic E-state index is 11.8. The second-order valence-corrected chi connectivity index (χ2v) is 5.17. The Morgan fingerprint density at radius 2 is 1.95 bits per heavy atom. The Morgan fingerprint density at radius 3 is 2.62 bits per heavy atom.